The number of carboxylic acids is 1. The average Bonchev–Trinajstić information content (AvgIpc) is 4.01. The van der Waals surface area contributed by atoms with E-state index in [1.807, 2.05) is 91.7 Å². The Kier molecular flexibility index (Phi) is 12.9. The van der Waals surface area contributed by atoms with E-state index in [0.29, 0.717) is 90.3 Å². The number of hydrogen-bond acceptors (Lipinski definition) is 12. The van der Waals surface area contributed by atoms with E-state index in [1.165, 1.54) is 16.2 Å². The summed E-state index contributed by atoms with van der Waals surface area (Å²) < 4.78 is 14.4. The Hall–Kier alpha value is -7.21. The van der Waals surface area contributed by atoms with Crippen molar-refractivity contribution >= 4 is 68.6 Å². The molecule has 3 aromatic heterocycles. The predicted molar refractivity (Wildman–Crippen MR) is 277 cm³/mol. The molecule has 3 atom stereocenters. The van der Waals surface area contributed by atoms with E-state index in [-0.39, 0.29) is 54.1 Å². The molecule has 4 N–H and O–H groups in total. The first kappa shape index (κ1) is 47.1. The lowest BCUT2D eigenvalue weighted by Crippen LogP contribution is -2.48. The standard InChI is InChI=1S/C55H57N9O7S/c1-31-17-20-41(53(67)56-31)49-40-12-7-14-44(51(40)62(3)61-49)57-48(65)30-64-34-18-19-35(64)28-36(27-34)70-25-26-71-45-15-8-10-37(32(45)2)38-21-22-47(59-50(38)54(68)69)63-24-23-33-9-6-11-39(42(33)29-63)52(66)60-55-58-43-13-4-5-16-46(43)72-55/h4,6-15,21-22,34-36,41H,1,5,16-20,23-30H2,2-3H3,(H,56,67)(H,57,65)(H,68,69)(H,58,60,66). The maximum absolute atomic E-state index is 13.7. The highest BCUT2D eigenvalue weighted by Crippen LogP contribution is 2.39. The van der Waals surface area contributed by atoms with Gasteiger partial charge in [0, 0.05) is 59.3 Å². The zero-order valence-electron chi connectivity index (χ0n) is 40.4. The highest BCUT2D eigenvalue weighted by atomic mass is 32.1. The molecule has 4 aliphatic heterocycles. The molecule has 3 fully saturated rings. The summed E-state index contributed by atoms with van der Waals surface area (Å²) in [6, 6.07) is 21.3. The fourth-order valence-corrected chi connectivity index (χ4v) is 12.4. The van der Waals surface area contributed by atoms with Gasteiger partial charge in [-0.25, -0.2) is 14.8 Å². The zero-order chi connectivity index (χ0) is 49.6. The fraction of sp³-hybridized carbons (Fsp3) is 0.364. The average molecular weight is 988 g/mol. The summed E-state index contributed by atoms with van der Waals surface area (Å²) in [5.74, 6) is -0.769. The quantitative estimate of drug-likeness (QED) is 0.0763. The second-order valence-electron chi connectivity index (χ2n) is 19.4. The largest absolute Gasteiger partial charge is 0.491 e. The molecular formula is C55H57N9O7S. The Bertz CT molecular complexity index is 3180. The number of benzene rings is 3. The van der Waals surface area contributed by atoms with Gasteiger partial charge in [-0.3, -0.25) is 29.3 Å². The lowest BCUT2D eigenvalue weighted by Gasteiger charge is -2.38. The molecule has 16 nitrogen and oxygen atoms in total. The van der Waals surface area contributed by atoms with E-state index >= 15 is 0 Å². The number of fused-ring (bicyclic) bond motifs is 5. The molecule has 1 aliphatic carbocycles. The molecule has 0 saturated carbocycles. The van der Waals surface area contributed by atoms with E-state index in [0.717, 1.165) is 77.5 Å². The number of pyridine rings is 1. The number of anilines is 3. The molecule has 7 heterocycles. The molecule has 5 aliphatic rings. The second-order valence-corrected chi connectivity index (χ2v) is 20.5. The number of carbonyl (C=O) groups is 4. The maximum atomic E-state index is 13.7. The van der Waals surface area contributed by atoms with Crippen LogP contribution in [0.3, 0.4) is 0 Å². The third-order valence-electron chi connectivity index (χ3n) is 15.0. The van der Waals surface area contributed by atoms with Gasteiger partial charge in [0.2, 0.25) is 11.8 Å². The molecule has 2 bridgehead atoms. The van der Waals surface area contributed by atoms with Crippen LogP contribution < -0.4 is 25.6 Å². The summed E-state index contributed by atoms with van der Waals surface area (Å²) in [5.41, 5.74) is 8.27. The van der Waals surface area contributed by atoms with Gasteiger partial charge in [-0.2, -0.15) is 5.10 Å². The van der Waals surface area contributed by atoms with Gasteiger partial charge >= 0.3 is 5.97 Å². The number of thiazole rings is 1. The molecule has 370 valence electrons. The van der Waals surface area contributed by atoms with Crippen LogP contribution in [0, 0.1) is 6.92 Å². The predicted octanol–water partition coefficient (Wildman–Crippen LogP) is 8.41. The number of carbonyl (C=O) groups excluding carboxylic acids is 3. The number of aromatic nitrogens is 4. The van der Waals surface area contributed by atoms with Crippen LogP contribution in [0.5, 0.6) is 5.75 Å². The molecule has 6 aromatic rings. The summed E-state index contributed by atoms with van der Waals surface area (Å²) in [5, 5.41) is 25.7. The molecule has 0 radical (unpaired) electrons. The first-order valence-electron chi connectivity index (χ1n) is 24.9. The summed E-state index contributed by atoms with van der Waals surface area (Å²) >= 11 is 1.51. The molecule has 3 unspecified atom stereocenters. The monoisotopic (exact) mass is 987 g/mol. The van der Waals surface area contributed by atoms with Gasteiger partial charge in [0.15, 0.2) is 10.8 Å². The molecule has 72 heavy (non-hydrogen) atoms. The summed E-state index contributed by atoms with van der Waals surface area (Å²) in [6.45, 7) is 7.81. The highest BCUT2D eigenvalue weighted by Gasteiger charge is 2.42. The zero-order valence-corrected chi connectivity index (χ0v) is 41.2. The number of amides is 3. The van der Waals surface area contributed by atoms with Crippen LogP contribution in [-0.4, -0.2) is 97.9 Å². The molecular weight excluding hydrogens is 931 g/mol. The van der Waals surface area contributed by atoms with Gasteiger partial charge < -0.3 is 30.1 Å². The Morgan fingerprint density at radius 2 is 1.75 bits per heavy atom. The van der Waals surface area contributed by atoms with E-state index in [1.54, 1.807) is 4.68 Å². The Morgan fingerprint density at radius 1 is 0.931 bits per heavy atom. The van der Waals surface area contributed by atoms with Gasteiger partial charge in [0.25, 0.3) is 5.91 Å². The molecule has 0 spiro atoms. The second kappa shape index (κ2) is 19.8. The Labute approximate surface area is 421 Å². The lowest BCUT2D eigenvalue weighted by molar-refractivity contribution is -0.123. The number of piperidine rings is 2. The molecule has 3 saturated heterocycles. The number of aryl methyl sites for hydroxylation is 2. The van der Waals surface area contributed by atoms with Crippen molar-refractivity contribution in [3.05, 3.63) is 129 Å². The van der Waals surface area contributed by atoms with Crippen molar-refractivity contribution in [2.75, 3.05) is 41.8 Å². The van der Waals surface area contributed by atoms with Crippen LogP contribution in [0.25, 0.3) is 28.1 Å². The molecule has 3 amide bonds. The van der Waals surface area contributed by atoms with E-state index < -0.39 is 5.97 Å². The smallest absolute Gasteiger partial charge is 0.355 e. The number of allylic oxidation sites excluding steroid dienone is 2. The van der Waals surface area contributed by atoms with Crippen molar-refractivity contribution in [2.24, 2.45) is 7.05 Å². The number of rotatable bonds is 14. The van der Waals surface area contributed by atoms with Gasteiger partial charge in [-0.05, 0) is 123 Å². The van der Waals surface area contributed by atoms with Crippen molar-refractivity contribution in [2.45, 2.75) is 95.4 Å². The lowest BCUT2D eigenvalue weighted by atomic mass is 9.92. The van der Waals surface area contributed by atoms with Crippen LogP contribution in [0.4, 0.5) is 16.6 Å². The van der Waals surface area contributed by atoms with Crippen molar-refractivity contribution in [3.8, 4) is 16.9 Å². The Balaban J connectivity index is 0.692. The topological polar surface area (TPSA) is 193 Å². The summed E-state index contributed by atoms with van der Waals surface area (Å²) in [7, 11) is 1.84. The van der Waals surface area contributed by atoms with Gasteiger partial charge in [-0.1, -0.05) is 49.1 Å². The minimum atomic E-state index is -1.14. The number of nitrogens with zero attached hydrogens (tertiary/aromatic N) is 6. The number of nitrogens with one attached hydrogen (secondary N) is 3. The van der Waals surface area contributed by atoms with Crippen LogP contribution in [-0.2, 0) is 40.8 Å². The normalized spacial score (nSPS) is 20.5. The van der Waals surface area contributed by atoms with Crippen molar-refractivity contribution in [3.63, 3.8) is 0 Å². The van der Waals surface area contributed by atoms with Crippen molar-refractivity contribution < 1.29 is 33.8 Å². The fourth-order valence-electron chi connectivity index (χ4n) is 11.5. The first-order chi connectivity index (χ1) is 34.9. The van der Waals surface area contributed by atoms with Crippen molar-refractivity contribution in [1.29, 1.82) is 0 Å². The number of aromatic carboxylic acids is 1. The Morgan fingerprint density at radius 3 is 2.56 bits per heavy atom. The van der Waals surface area contributed by atoms with Gasteiger partial charge in [0.05, 0.1) is 47.8 Å². The summed E-state index contributed by atoms with van der Waals surface area (Å²) in [6.07, 6.45) is 11.7. The first-order valence-corrected chi connectivity index (χ1v) is 25.7. The molecule has 3 aromatic carbocycles. The van der Waals surface area contributed by atoms with Crippen LogP contribution in [0.15, 0.2) is 85.1 Å². The summed E-state index contributed by atoms with van der Waals surface area (Å²) in [4.78, 5) is 67.9. The number of hydrogen-bond donors (Lipinski definition) is 4. The van der Waals surface area contributed by atoms with E-state index in [9.17, 15) is 24.3 Å². The van der Waals surface area contributed by atoms with Crippen LogP contribution in [0.1, 0.15) is 105 Å². The van der Waals surface area contributed by atoms with Gasteiger partial charge in [0.1, 0.15) is 18.2 Å². The SMILES string of the molecule is C=C1CCC(c2nn(C)c3c(NC(=O)CN4C5CCC4CC(OCCOc4cccc(-c6ccc(N7CCc8cccc(C(=O)Nc9nc%10c(s9)CCC=C%10)c8C7)nc6C(=O)O)c4C)C5)cccc23)C(=O)N1. The number of para-hydroxylation sites is 1. The minimum absolute atomic E-state index is 0.0417. The van der Waals surface area contributed by atoms with Crippen LogP contribution >= 0.6 is 11.3 Å². The highest BCUT2D eigenvalue weighted by molar-refractivity contribution is 7.16. The van der Waals surface area contributed by atoms with Crippen LogP contribution in [0.2, 0.25) is 0 Å². The van der Waals surface area contributed by atoms with E-state index in [2.05, 4.69) is 38.5 Å². The van der Waals surface area contributed by atoms with Gasteiger partial charge in [-0.15, -0.1) is 11.3 Å². The minimum Gasteiger partial charge on any atom is -0.491 e. The molecule has 17 heteroatoms. The number of carboxylic acid groups (broad SMARTS) is 1. The van der Waals surface area contributed by atoms with E-state index in [4.69, 9.17) is 19.6 Å². The molecule has 11 rings (SSSR count). The number of ether oxygens (including phenoxy) is 2. The third-order valence-corrected chi connectivity index (χ3v) is 16.0. The third kappa shape index (κ3) is 9.27. The van der Waals surface area contributed by atoms with Crippen molar-refractivity contribution in [1.82, 2.24) is 30.0 Å². The maximum Gasteiger partial charge on any atom is 0.355 e.